The Labute approximate surface area is 103 Å². The molecule has 0 aliphatic carbocycles. The smallest absolute Gasteiger partial charge is 0.326 e. The van der Waals surface area contributed by atoms with E-state index in [9.17, 15) is 19.5 Å². The van der Waals surface area contributed by atoms with Gasteiger partial charge in [-0.05, 0) is 6.42 Å². The van der Waals surface area contributed by atoms with E-state index in [0.29, 0.717) is 0 Å². The van der Waals surface area contributed by atoms with Gasteiger partial charge in [-0.1, -0.05) is 0 Å². The highest BCUT2D eigenvalue weighted by atomic mass is 16.4. The third kappa shape index (κ3) is 3.41. The topological polar surface area (TPSA) is 141 Å². The molecule has 0 radical (unpaired) electrons. The van der Waals surface area contributed by atoms with Crippen molar-refractivity contribution in [1.29, 1.82) is 0 Å². The molecular weight excluding hydrogens is 244 g/mol. The molecule has 0 aromatic heterocycles. The molecule has 1 aliphatic heterocycles. The first-order valence-corrected chi connectivity index (χ1v) is 5.51. The predicted octanol–water partition coefficient (Wildman–Crippen LogP) is -1.78. The number of amides is 1. The zero-order valence-corrected chi connectivity index (χ0v) is 9.65. The summed E-state index contributed by atoms with van der Waals surface area (Å²) >= 11 is 0. The van der Waals surface area contributed by atoms with Crippen LogP contribution in [0, 0.1) is 0 Å². The van der Waals surface area contributed by atoms with Crippen LogP contribution in [0.1, 0.15) is 19.3 Å². The highest BCUT2D eigenvalue weighted by Gasteiger charge is 2.38. The lowest BCUT2D eigenvalue weighted by Gasteiger charge is -2.21. The van der Waals surface area contributed by atoms with Crippen molar-refractivity contribution in [1.82, 2.24) is 4.90 Å². The summed E-state index contributed by atoms with van der Waals surface area (Å²) in [6, 6.07) is -2.20. The fourth-order valence-corrected chi connectivity index (χ4v) is 1.87. The first-order valence-electron chi connectivity index (χ1n) is 5.51. The van der Waals surface area contributed by atoms with Gasteiger partial charge in [-0.25, -0.2) is 4.79 Å². The summed E-state index contributed by atoms with van der Waals surface area (Å²) in [4.78, 5) is 34.2. The van der Waals surface area contributed by atoms with Gasteiger partial charge in [-0.3, -0.25) is 9.59 Å². The summed E-state index contributed by atoms with van der Waals surface area (Å²) in [6.07, 6.45) is -1.08. The van der Waals surface area contributed by atoms with Gasteiger partial charge in [-0.2, -0.15) is 0 Å². The van der Waals surface area contributed by atoms with Gasteiger partial charge in [0.1, 0.15) is 12.1 Å². The van der Waals surface area contributed by atoms with Crippen molar-refractivity contribution in [3.05, 3.63) is 0 Å². The first-order chi connectivity index (χ1) is 8.32. The van der Waals surface area contributed by atoms with E-state index < -0.39 is 36.0 Å². The number of carboxylic acid groups (broad SMARTS) is 2. The van der Waals surface area contributed by atoms with Crippen molar-refractivity contribution in [3.8, 4) is 0 Å². The number of rotatable bonds is 5. The number of nitrogens with zero attached hydrogens (tertiary/aromatic N) is 1. The summed E-state index contributed by atoms with van der Waals surface area (Å²) in [5, 5.41) is 26.8. The fourth-order valence-electron chi connectivity index (χ4n) is 1.87. The molecule has 1 heterocycles. The Balaban J connectivity index is 2.55. The summed E-state index contributed by atoms with van der Waals surface area (Å²) in [7, 11) is 0. The molecule has 1 amide bonds. The molecule has 0 saturated carbocycles. The van der Waals surface area contributed by atoms with Crippen molar-refractivity contribution < 1.29 is 29.7 Å². The monoisotopic (exact) mass is 260 g/mol. The SMILES string of the molecule is N[C@@H](CCC(=O)N1C[C@H](O)C[C@@H]1C(=O)O)C(=O)O. The van der Waals surface area contributed by atoms with Crippen LogP contribution in [0.2, 0.25) is 0 Å². The Morgan fingerprint density at radius 2 is 1.94 bits per heavy atom. The summed E-state index contributed by atoms with van der Waals surface area (Å²) in [5.41, 5.74) is 5.25. The molecule has 0 bridgehead atoms. The number of nitrogens with two attached hydrogens (primary N) is 1. The van der Waals surface area contributed by atoms with Gasteiger partial charge in [0.05, 0.1) is 6.10 Å². The van der Waals surface area contributed by atoms with Crippen LogP contribution in [0.4, 0.5) is 0 Å². The van der Waals surface area contributed by atoms with Gasteiger partial charge < -0.3 is 26.0 Å². The number of aliphatic carboxylic acids is 2. The Kier molecular flexibility index (Phi) is 4.62. The molecule has 1 saturated heterocycles. The van der Waals surface area contributed by atoms with Crippen molar-refractivity contribution in [2.75, 3.05) is 6.54 Å². The van der Waals surface area contributed by atoms with E-state index in [0.717, 1.165) is 4.90 Å². The molecule has 1 aliphatic rings. The maximum atomic E-state index is 11.7. The van der Waals surface area contributed by atoms with E-state index in [4.69, 9.17) is 15.9 Å². The van der Waals surface area contributed by atoms with Crippen molar-refractivity contribution >= 4 is 17.8 Å². The molecule has 18 heavy (non-hydrogen) atoms. The highest BCUT2D eigenvalue weighted by molar-refractivity contribution is 5.85. The number of aliphatic hydroxyl groups excluding tert-OH is 1. The molecule has 1 fully saturated rings. The quantitative estimate of drug-likeness (QED) is 0.458. The molecule has 3 atom stereocenters. The van der Waals surface area contributed by atoms with E-state index in [1.54, 1.807) is 0 Å². The second-order valence-electron chi connectivity index (χ2n) is 4.27. The molecule has 5 N–H and O–H groups in total. The fraction of sp³-hybridized carbons (Fsp3) is 0.700. The number of hydrogen-bond donors (Lipinski definition) is 4. The number of hydrogen-bond acceptors (Lipinski definition) is 5. The van der Waals surface area contributed by atoms with E-state index in [2.05, 4.69) is 0 Å². The van der Waals surface area contributed by atoms with E-state index in [1.807, 2.05) is 0 Å². The average molecular weight is 260 g/mol. The number of carbonyl (C=O) groups is 3. The molecule has 0 spiro atoms. The zero-order valence-electron chi connectivity index (χ0n) is 9.65. The minimum atomic E-state index is -1.21. The number of carbonyl (C=O) groups excluding carboxylic acids is 1. The van der Waals surface area contributed by atoms with Crippen LogP contribution in [-0.2, 0) is 14.4 Å². The van der Waals surface area contributed by atoms with Gasteiger partial charge in [0.25, 0.3) is 0 Å². The molecule has 102 valence electrons. The van der Waals surface area contributed by atoms with Gasteiger partial charge in [0.15, 0.2) is 0 Å². The lowest BCUT2D eigenvalue weighted by Crippen LogP contribution is -2.41. The van der Waals surface area contributed by atoms with Gasteiger partial charge >= 0.3 is 11.9 Å². The van der Waals surface area contributed by atoms with Crippen LogP contribution in [-0.4, -0.2) is 62.8 Å². The van der Waals surface area contributed by atoms with Crippen LogP contribution in [0.15, 0.2) is 0 Å². The Morgan fingerprint density at radius 3 is 2.44 bits per heavy atom. The average Bonchev–Trinajstić information content (AvgIpc) is 2.67. The van der Waals surface area contributed by atoms with Crippen molar-refractivity contribution in [3.63, 3.8) is 0 Å². The van der Waals surface area contributed by atoms with E-state index in [1.165, 1.54) is 0 Å². The van der Waals surface area contributed by atoms with Crippen molar-refractivity contribution in [2.45, 2.75) is 37.5 Å². The molecule has 0 aromatic carbocycles. The Morgan fingerprint density at radius 1 is 1.33 bits per heavy atom. The van der Waals surface area contributed by atoms with Crippen LogP contribution < -0.4 is 5.73 Å². The van der Waals surface area contributed by atoms with Gasteiger partial charge in [0.2, 0.25) is 5.91 Å². The normalized spacial score (nSPS) is 24.9. The van der Waals surface area contributed by atoms with E-state index in [-0.39, 0.29) is 25.8 Å². The van der Waals surface area contributed by atoms with Crippen LogP contribution in [0.3, 0.4) is 0 Å². The summed E-state index contributed by atoms with van der Waals surface area (Å²) in [5.74, 6) is -2.89. The number of β-amino-alcohol motifs (C(OH)–C–C–N with tert-alkyl or cyclic N) is 1. The summed E-state index contributed by atoms with van der Waals surface area (Å²) < 4.78 is 0. The Bertz CT molecular complexity index is 358. The molecular formula is C10H16N2O6. The molecule has 0 aromatic rings. The summed E-state index contributed by atoms with van der Waals surface area (Å²) in [6.45, 7) is -0.0435. The van der Waals surface area contributed by atoms with Crippen LogP contribution >= 0.6 is 0 Å². The van der Waals surface area contributed by atoms with Crippen molar-refractivity contribution in [2.24, 2.45) is 5.73 Å². The lowest BCUT2D eigenvalue weighted by atomic mass is 10.1. The maximum absolute atomic E-state index is 11.7. The third-order valence-corrected chi connectivity index (χ3v) is 2.87. The van der Waals surface area contributed by atoms with Crippen LogP contribution in [0.5, 0.6) is 0 Å². The standard InChI is InChI=1S/C10H16N2O6/c11-6(9(15)16)1-2-8(14)12-4-5(13)3-7(12)10(17)18/h5-7,13H,1-4,11H2,(H,15,16)(H,17,18)/t5-,6+,7-/m1/s1. The number of aliphatic hydroxyl groups is 1. The number of likely N-dealkylation sites (tertiary alicyclic amines) is 1. The zero-order chi connectivity index (χ0) is 13.9. The highest BCUT2D eigenvalue weighted by Crippen LogP contribution is 2.19. The van der Waals surface area contributed by atoms with Gasteiger partial charge in [-0.15, -0.1) is 0 Å². The molecule has 0 unspecified atom stereocenters. The van der Waals surface area contributed by atoms with Crippen LogP contribution in [0.25, 0.3) is 0 Å². The second-order valence-corrected chi connectivity index (χ2v) is 4.27. The predicted molar refractivity (Wildman–Crippen MR) is 58.6 cm³/mol. The second kappa shape index (κ2) is 5.78. The number of carboxylic acids is 2. The third-order valence-electron chi connectivity index (χ3n) is 2.87. The lowest BCUT2D eigenvalue weighted by molar-refractivity contribution is -0.148. The minimum Gasteiger partial charge on any atom is -0.480 e. The molecule has 8 heteroatoms. The van der Waals surface area contributed by atoms with E-state index >= 15 is 0 Å². The first kappa shape index (κ1) is 14.4. The Hall–Kier alpha value is -1.67. The maximum Gasteiger partial charge on any atom is 0.326 e. The molecule has 1 rings (SSSR count). The van der Waals surface area contributed by atoms with Gasteiger partial charge in [0, 0.05) is 19.4 Å². The largest absolute Gasteiger partial charge is 0.480 e. The minimum absolute atomic E-state index is 0.00788. The molecule has 8 nitrogen and oxygen atoms in total.